The van der Waals surface area contributed by atoms with Crippen molar-refractivity contribution in [1.29, 1.82) is 0 Å². The Kier molecular flexibility index (Phi) is 3.98. The number of imidazole rings is 1. The third-order valence-corrected chi connectivity index (χ3v) is 5.53. The zero-order valence-corrected chi connectivity index (χ0v) is 15.7. The van der Waals surface area contributed by atoms with E-state index in [0.717, 1.165) is 34.3 Å². The van der Waals surface area contributed by atoms with E-state index in [9.17, 15) is 9.90 Å². The molecule has 142 valence electrons. The van der Waals surface area contributed by atoms with E-state index in [4.69, 9.17) is 11.6 Å². The van der Waals surface area contributed by atoms with Crippen LogP contribution in [0.5, 0.6) is 5.88 Å². The maximum Gasteiger partial charge on any atom is 0.328 e. The molecule has 0 aliphatic heterocycles. The molecule has 0 amide bonds. The summed E-state index contributed by atoms with van der Waals surface area (Å²) in [6.45, 7) is 1.27. The Balaban J connectivity index is 1.43. The van der Waals surface area contributed by atoms with Gasteiger partial charge in [0.05, 0.1) is 23.3 Å². The standard InChI is InChI=1S/C20H18ClN5O2/c21-18-15(7-8-16-19(18)23-24-26(16)10-13-1-2-13)14-5-3-12(4-6-14)9-25-11-17(27)22-20(25)28/h3-8,11,13,27H,1-2,9-10H2,(H,22,28). The van der Waals surface area contributed by atoms with Gasteiger partial charge in [-0.25, -0.2) is 9.48 Å². The Morgan fingerprint density at radius 1 is 1.18 bits per heavy atom. The molecule has 0 unspecified atom stereocenters. The van der Waals surface area contributed by atoms with Crippen LogP contribution in [0.15, 0.2) is 47.4 Å². The Bertz CT molecular complexity index is 1220. The van der Waals surface area contributed by atoms with Crippen LogP contribution >= 0.6 is 11.6 Å². The number of rotatable bonds is 5. The lowest BCUT2D eigenvalue weighted by Crippen LogP contribution is -2.16. The number of benzene rings is 2. The number of nitrogens with one attached hydrogen (secondary N) is 1. The Labute approximate surface area is 165 Å². The molecule has 28 heavy (non-hydrogen) atoms. The minimum absolute atomic E-state index is 0.142. The van der Waals surface area contributed by atoms with Crippen LogP contribution in [0.25, 0.3) is 22.2 Å². The Morgan fingerprint density at radius 2 is 1.96 bits per heavy atom. The summed E-state index contributed by atoms with van der Waals surface area (Å²) in [6.07, 6.45) is 3.90. The average Bonchev–Trinajstić information content (AvgIpc) is 3.32. The lowest BCUT2D eigenvalue weighted by Gasteiger charge is -2.08. The van der Waals surface area contributed by atoms with Gasteiger partial charge in [0.25, 0.3) is 0 Å². The van der Waals surface area contributed by atoms with Gasteiger partial charge in [-0.3, -0.25) is 9.55 Å². The molecule has 5 rings (SSSR count). The van der Waals surface area contributed by atoms with Crippen LogP contribution < -0.4 is 5.69 Å². The molecule has 1 aliphatic carbocycles. The Hall–Kier alpha value is -3.06. The van der Waals surface area contributed by atoms with Crippen LogP contribution in [0.4, 0.5) is 0 Å². The number of nitrogens with zero attached hydrogens (tertiary/aromatic N) is 4. The zero-order valence-electron chi connectivity index (χ0n) is 15.0. The number of hydrogen-bond acceptors (Lipinski definition) is 4. The molecule has 0 atom stereocenters. The highest BCUT2D eigenvalue weighted by molar-refractivity contribution is 6.37. The van der Waals surface area contributed by atoms with Gasteiger partial charge >= 0.3 is 5.69 Å². The minimum atomic E-state index is -0.343. The highest BCUT2D eigenvalue weighted by Gasteiger charge is 2.23. The molecule has 1 fully saturated rings. The quantitative estimate of drug-likeness (QED) is 0.542. The fourth-order valence-corrected chi connectivity index (χ4v) is 3.74. The predicted molar refractivity (Wildman–Crippen MR) is 107 cm³/mol. The van der Waals surface area contributed by atoms with E-state index < -0.39 is 0 Å². The molecule has 8 heteroatoms. The summed E-state index contributed by atoms with van der Waals surface area (Å²) in [5.41, 5.74) is 4.15. The molecule has 2 aromatic carbocycles. The van der Waals surface area contributed by atoms with Crippen molar-refractivity contribution in [3.05, 3.63) is 63.7 Å². The van der Waals surface area contributed by atoms with Gasteiger partial charge in [-0.2, -0.15) is 0 Å². The first-order valence-electron chi connectivity index (χ1n) is 9.18. The molecular weight excluding hydrogens is 378 g/mol. The molecule has 7 nitrogen and oxygen atoms in total. The van der Waals surface area contributed by atoms with E-state index in [1.54, 1.807) is 0 Å². The van der Waals surface area contributed by atoms with Crippen molar-refractivity contribution in [3.63, 3.8) is 0 Å². The van der Waals surface area contributed by atoms with Crippen LogP contribution in [0.2, 0.25) is 5.02 Å². The normalized spacial score (nSPS) is 14.0. The first kappa shape index (κ1) is 17.1. The summed E-state index contributed by atoms with van der Waals surface area (Å²) < 4.78 is 3.36. The van der Waals surface area contributed by atoms with Gasteiger partial charge in [-0.1, -0.05) is 47.1 Å². The van der Waals surface area contributed by atoms with E-state index in [0.29, 0.717) is 17.5 Å². The number of fused-ring (bicyclic) bond motifs is 1. The van der Waals surface area contributed by atoms with Gasteiger partial charge < -0.3 is 5.11 Å². The van der Waals surface area contributed by atoms with Crippen molar-refractivity contribution in [1.82, 2.24) is 24.5 Å². The van der Waals surface area contributed by atoms with Gasteiger partial charge in [0, 0.05) is 12.1 Å². The van der Waals surface area contributed by atoms with Crippen LogP contribution in [0, 0.1) is 5.92 Å². The van der Waals surface area contributed by atoms with Gasteiger partial charge in [-0.15, -0.1) is 5.10 Å². The molecule has 0 spiro atoms. The van der Waals surface area contributed by atoms with E-state index in [1.807, 2.05) is 41.1 Å². The molecule has 0 radical (unpaired) electrons. The first-order valence-corrected chi connectivity index (χ1v) is 9.56. The fourth-order valence-electron chi connectivity index (χ4n) is 3.43. The fraction of sp³-hybridized carbons (Fsp3) is 0.250. The molecule has 1 saturated carbocycles. The van der Waals surface area contributed by atoms with Crippen LogP contribution in [0.3, 0.4) is 0 Å². The molecule has 0 bridgehead atoms. The van der Waals surface area contributed by atoms with Crippen molar-refractivity contribution in [2.75, 3.05) is 0 Å². The number of aromatic hydroxyl groups is 1. The number of H-pyrrole nitrogens is 1. The summed E-state index contributed by atoms with van der Waals surface area (Å²) in [7, 11) is 0. The first-order chi connectivity index (χ1) is 13.6. The van der Waals surface area contributed by atoms with E-state index in [-0.39, 0.29) is 11.6 Å². The predicted octanol–water partition coefficient (Wildman–Crippen LogP) is 3.41. The smallest absolute Gasteiger partial charge is 0.328 e. The zero-order chi connectivity index (χ0) is 19.3. The molecule has 0 saturated heterocycles. The third-order valence-electron chi connectivity index (χ3n) is 5.15. The molecule has 2 N–H and O–H groups in total. The molecule has 1 aliphatic rings. The van der Waals surface area contributed by atoms with Crippen LogP contribution in [-0.2, 0) is 13.1 Å². The number of halogens is 1. The highest BCUT2D eigenvalue weighted by Crippen LogP contribution is 2.35. The number of aromatic amines is 1. The van der Waals surface area contributed by atoms with Crippen molar-refractivity contribution in [3.8, 4) is 17.0 Å². The van der Waals surface area contributed by atoms with Gasteiger partial charge in [-0.05, 0) is 36.0 Å². The minimum Gasteiger partial charge on any atom is -0.493 e. The topological polar surface area (TPSA) is 88.7 Å². The second kappa shape index (κ2) is 6.53. The van der Waals surface area contributed by atoms with E-state index in [1.165, 1.54) is 23.6 Å². The SMILES string of the molecule is O=c1[nH]c(O)cn1Cc1ccc(-c2ccc3c(nnn3CC3CC3)c2Cl)cc1. The average molecular weight is 396 g/mol. The van der Waals surface area contributed by atoms with E-state index in [2.05, 4.69) is 15.3 Å². The molecular formula is C20H18ClN5O2. The third kappa shape index (κ3) is 3.07. The summed E-state index contributed by atoms with van der Waals surface area (Å²) in [5, 5.41) is 18.5. The van der Waals surface area contributed by atoms with Crippen LogP contribution in [-0.4, -0.2) is 29.7 Å². The van der Waals surface area contributed by atoms with Crippen molar-refractivity contribution < 1.29 is 5.11 Å². The Morgan fingerprint density at radius 3 is 2.64 bits per heavy atom. The second-order valence-electron chi connectivity index (χ2n) is 7.28. The summed E-state index contributed by atoms with van der Waals surface area (Å²) in [6, 6.07) is 11.8. The van der Waals surface area contributed by atoms with Gasteiger partial charge in [0.1, 0.15) is 5.52 Å². The monoisotopic (exact) mass is 395 g/mol. The molecule has 2 heterocycles. The molecule has 2 aromatic heterocycles. The molecule has 4 aromatic rings. The largest absolute Gasteiger partial charge is 0.493 e. The van der Waals surface area contributed by atoms with Gasteiger partial charge in [0.2, 0.25) is 5.88 Å². The second-order valence-corrected chi connectivity index (χ2v) is 7.66. The summed E-state index contributed by atoms with van der Waals surface area (Å²) in [4.78, 5) is 14.0. The van der Waals surface area contributed by atoms with Crippen molar-refractivity contribution in [2.45, 2.75) is 25.9 Å². The van der Waals surface area contributed by atoms with Crippen molar-refractivity contribution in [2.24, 2.45) is 5.92 Å². The lowest BCUT2D eigenvalue weighted by atomic mass is 10.0. The number of hydrogen-bond donors (Lipinski definition) is 2. The van der Waals surface area contributed by atoms with Gasteiger partial charge in [0.15, 0.2) is 0 Å². The summed E-state index contributed by atoms with van der Waals surface area (Å²) >= 11 is 6.64. The number of aromatic nitrogens is 5. The summed E-state index contributed by atoms with van der Waals surface area (Å²) in [5.74, 6) is 0.571. The lowest BCUT2D eigenvalue weighted by molar-refractivity contribution is 0.455. The highest BCUT2D eigenvalue weighted by atomic mass is 35.5. The maximum atomic E-state index is 11.7. The van der Waals surface area contributed by atoms with Crippen molar-refractivity contribution >= 4 is 22.6 Å². The maximum absolute atomic E-state index is 11.7. The van der Waals surface area contributed by atoms with E-state index >= 15 is 0 Å². The van der Waals surface area contributed by atoms with Crippen LogP contribution in [0.1, 0.15) is 18.4 Å².